The quantitative estimate of drug-likeness (QED) is 0.475. The molecule has 0 N–H and O–H groups in total. The molecule has 0 fully saturated rings. The van der Waals surface area contributed by atoms with Crippen LogP contribution in [0.5, 0.6) is 0 Å². The normalized spacial score (nSPS) is 11.0. The maximum atomic E-state index is 10.7. The van der Waals surface area contributed by atoms with Crippen LogP contribution in [0.4, 0.5) is 0 Å². The largest absolute Gasteiger partial charge is 0.460 e. The van der Waals surface area contributed by atoms with Gasteiger partial charge in [-0.05, 0) is 47.6 Å². The molecule has 25 heavy (non-hydrogen) atoms. The summed E-state index contributed by atoms with van der Waals surface area (Å²) in [6.07, 6.45) is 5.54. The average Bonchev–Trinajstić information content (AvgIpc) is 2.63. The van der Waals surface area contributed by atoms with Crippen molar-refractivity contribution in [3.8, 4) is 0 Å². The number of hydrogen-bond donors (Lipinski definition) is 1. The van der Waals surface area contributed by atoms with Crippen LogP contribution in [0, 0.1) is 0 Å². The van der Waals surface area contributed by atoms with Crippen LogP contribution in [0.25, 0.3) is 22.9 Å². The first-order valence-electron chi connectivity index (χ1n) is 8.65. The molecule has 2 rings (SSSR count). The van der Waals surface area contributed by atoms with Crippen LogP contribution in [0.1, 0.15) is 57.4 Å². The van der Waals surface area contributed by atoms with Crippen LogP contribution in [-0.4, -0.2) is 12.2 Å². The van der Waals surface area contributed by atoms with E-state index >= 15 is 0 Å². The summed E-state index contributed by atoms with van der Waals surface area (Å²) in [4.78, 5) is 10.7. The Morgan fingerprint density at radius 2 is 1.88 bits per heavy atom. The molecule has 0 aliphatic carbocycles. The molecule has 0 bridgehead atoms. The van der Waals surface area contributed by atoms with Gasteiger partial charge in [0, 0.05) is 5.56 Å². The molecule has 3 heteroatoms. The maximum Gasteiger partial charge on any atom is 0.293 e. The van der Waals surface area contributed by atoms with Crippen LogP contribution in [0.3, 0.4) is 0 Å². The van der Waals surface area contributed by atoms with E-state index in [4.69, 9.17) is 4.74 Å². The molecule has 2 aromatic rings. The van der Waals surface area contributed by atoms with Crippen LogP contribution < -0.4 is 0 Å². The van der Waals surface area contributed by atoms with E-state index < -0.39 is 0 Å². The third kappa shape index (κ3) is 6.43. The Morgan fingerprint density at radius 1 is 1.28 bits per heavy atom. The fourth-order valence-corrected chi connectivity index (χ4v) is 2.52. The molecular formula is C22H30O2S. The molecule has 0 aliphatic rings. The number of ether oxygens (including phenoxy) is 1. The van der Waals surface area contributed by atoms with Gasteiger partial charge >= 0.3 is 0 Å². The average molecular weight is 359 g/mol. The summed E-state index contributed by atoms with van der Waals surface area (Å²) in [7, 11) is 0. The fourth-order valence-electron chi connectivity index (χ4n) is 2.52. The second kappa shape index (κ2) is 13.3. The van der Waals surface area contributed by atoms with Gasteiger partial charge in [0.2, 0.25) is 0 Å². The Labute approximate surface area is 158 Å². The number of carbonyl (C=O) groups is 1. The SMILES string of the molecule is C=Cc1cc2ccccc2c(C(C)OC=O)c1/C=C\C.CC.CCS. The number of thiol groups is 1. The molecule has 2 nitrogen and oxygen atoms in total. The first-order valence-corrected chi connectivity index (χ1v) is 9.28. The summed E-state index contributed by atoms with van der Waals surface area (Å²) in [5.74, 6) is 0.944. The molecule has 0 saturated heterocycles. The number of hydrogen-bond acceptors (Lipinski definition) is 3. The molecule has 0 aliphatic heterocycles. The standard InChI is InChI=1S/C18H18O2.C2H6S.C2H6/c1-4-8-16-14(5-2)11-15-9-6-7-10-17(15)18(16)13(3)20-12-19;1-2-3;1-2/h4-13H,2H2,1,3H3;3H,2H2,1H3;1-2H3/b8-4-;;. The molecule has 0 heterocycles. The lowest BCUT2D eigenvalue weighted by Gasteiger charge is -2.18. The van der Waals surface area contributed by atoms with Crippen molar-refractivity contribution >= 4 is 42.0 Å². The van der Waals surface area contributed by atoms with E-state index in [-0.39, 0.29) is 6.10 Å². The van der Waals surface area contributed by atoms with Gasteiger partial charge in [-0.15, -0.1) is 0 Å². The zero-order chi connectivity index (χ0) is 19.2. The predicted molar refractivity (Wildman–Crippen MR) is 115 cm³/mol. The summed E-state index contributed by atoms with van der Waals surface area (Å²) < 4.78 is 5.17. The highest BCUT2D eigenvalue weighted by atomic mass is 32.1. The second-order valence-electron chi connectivity index (χ2n) is 4.91. The smallest absolute Gasteiger partial charge is 0.293 e. The maximum absolute atomic E-state index is 10.7. The molecule has 1 unspecified atom stereocenters. The highest BCUT2D eigenvalue weighted by Crippen LogP contribution is 2.33. The molecule has 0 radical (unpaired) electrons. The van der Waals surface area contributed by atoms with E-state index in [0.717, 1.165) is 33.2 Å². The lowest BCUT2D eigenvalue weighted by molar-refractivity contribution is -0.133. The molecular weight excluding hydrogens is 328 g/mol. The summed E-state index contributed by atoms with van der Waals surface area (Å²) in [5.41, 5.74) is 3.11. The summed E-state index contributed by atoms with van der Waals surface area (Å²) in [6.45, 7) is 14.2. The van der Waals surface area contributed by atoms with Gasteiger partial charge in [0.15, 0.2) is 0 Å². The van der Waals surface area contributed by atoms with Crippen LogP contribution in [-0.2, 0) is 9.53 Å². The minimum Gasteiger partial charge on any atom is -0.460 e. The van der Waals surface area contributed by atoms with Crippen molar-refractivity contribution in [2.24, 2.45) is 0 Å². The highest BCUT2D eigenvalue weighted by molar-refractivity contribution is 7.80. The van der Waals surface area contributed by atoms with Crippen molar-refractivity contribution in [1.82, 2.24) is 0 Å². The first-order chi connectivity index (χ1) is 12.1. The number of fused-ring (bicyclic) bond motifs is 1. The van der Waals surface area contributed by atoms with Gasteiger partial charge in [-0.2, -0.15) is 12.6 Å². The zero-order valence-corrected chi connectivity index (χ0v) is 16.8. The molecule has 2 aromatic carbocycles. The molecule has 1 atom stereocenters. The highest BCUT2D eigenvalue weighted by Gasteiger charge is 2.16. The van der Waals surface area contributed by atoms with E-state index in [0.29, 0.717) is 6.47 Å². The number of allylic oxidation sites excluding steroid dienone is 1. The molecule has 0 aromatic heterocycles. The van der Waals surface area contributed by atoms with Gasteiger partial charge in [0.25, 0.3) is 6.47 Å². The van der Waals surface area contributed by atoms with Crippen LogP contribution >= 0.6 is 12.6 Å². The lowest BCUT2D eigenvalue weighted by atomic mass is 9.91. The van der Waals surface area contributed by atoms with E-state index in [2.05, 4.69) is 37.4 Å². The summed E-state index contributed by atoms with van der Waals surface area (Å²) in [6, 6.07) is 10.2. The molecule has 136 valence electrons. The van der Waals surface area contributed by atoms with Crippen LogP contribution in [0.15, 0.2) is 43.0 Å². The topological polar surface area (TPSA) is 26.3 Å². The third-order valence-corrected chi connectivity index (χ3v) is 3.38. The van der Waals surface area contributed by atoms with Crippen molar-refractivity contribution in [3.63, 3.8) is 0 Å². The van der Waals surface area contributed by atoms with E-state index in [1.54, 1.807) is 0 Å². The Kier molecular flexibility index (Phi) is 12.2. The molecule has 0 saturated carbocycles. The van der Waals surface area contributed by atoms with Gasteiger partial charge < -0.3 is 4.74 Å². The van der Waals surface area contributed by atoms with Crippen molar-refractivity contribution in [1.29, 1.82) is 0 Å². The van der Waals surface area contributed by atoms with E-state index in [1.807, 2.05) is 65.0 Å². The number of benzene rings is 2. The second-order valence-corrected chi connectivity index (χ2v) is 5.54. The number of rotatable bonds is 5. The van der Waals surface area contributed by atoms with E-state index in [1.165, 1.54) is 0 Å². The molecule has 0 amide bonds. The Hall–Kier alpha value is -2.00. The monoisotopic (exact) mass is 358 g/mol. The summed E-state index contributed by atoms with van der Waals surface area (Å²) >= 11 is 3.79. The van der Waals surface area contributed by atoms with Crippen LogP contribution in [0.2, 0.25) is 0 Å². The predicted octanol–water partition coefficient (Wildman–Crippen LogP) is 6.71. The summed E-state index contributed by atoms with van der Waals surface area (Å²) in [5, 5.41) is 2.22. The minimum atomic E-state index is -0.302. The fraction of sp³-hybridized carbons (Fsp3) is 0.318. The first kappa shape index (κ1) is 23.0. The van der Waals surface area contributed by atoms with Gasteiger partial charge in [-0.25, -0.2) is 0 Å². The third-order valence-electron chi connectivity index (χ3n) is 3.38. The van der Waals surface area contributed by atoms with E-state index in [9.17, 15) is 4.79 Å². The Morgan fingerprint density at radius 3 is 2.40 bits per heavy atom. The number of carbonyl (C=O) groups excluding carboxylic acids is 1. The van der Waals surface area contributed by atoms with Crippen molar-refractivity contribution in [3.05, 3.63) is 59.7 Å². The Balaban J connectivity index is 0.00000104. The molecule has 0 spiro atoms. The van der Waals surface area contributed by atoms with Gasteiger partial charge in [-0.3, -0.25) is 4.79 Å². The van der Waals surface area contributed by atoms with Gasteiger partial charge in [0.1, 0.15) is 6.10 Å². The van der Waals surface area contributed by atoms with Gasteiger partial charge in [0.05, 0.1) is 0 Å². The van der Waals surface area contributed by atoms with Crippen molar-refractivity contribution in [2.75, 3.05) is 5.75 Å². The van der Waals surface area contributed by atoms with Gasteiger partial charge in [-0.1, -0.05) is 69.8 Å². The minimum absolute atomic E-state index is 0.302. The van der Waals surface area contributed by atoms with Crippen molar-refractivity contribution < 1.29 is 9.53 Å². The Bertz CT molecular complexity index is 690. The van der Waals surface area contributed by atoms with Crippen molar-refractivity contribution in [2.45, 2.75) is 40.7 Å². The lowest BCUT2D eigenvalue weighted by Crippen LogP contribution is -2.03. The zero-order valence-electron chi connectivity index (χ0n) is 16.0.